The first-order valence-electron chi connectivity index (χ1n) is 7.68. The molecule has 1 unspecified atom stereocenters. The topological polar surface area (TPSA) is 142 Å². The SMILES string of the molecule is CCCCC(NC(=O)c1cc(=O)[nH]c2ccc([N+](=O)[O-])cc12)C(=O)O. The van der Waals surface area contributed by atoms with Crippen LogP contribution in [0, 0.1) is 10.1 Å². The Morgan fingerprint density at radius 1 is 1.36 bits per heavy atom. The van der Waals surface area contributed by atoms with Gasteiger partial charge in [0.1, 0.15) is 6.04 Å². The van der Waals surface area contributed by atoms with Gasteiger partial charge >= 0.3 is 5.97 Å². The van der Waals surface area contributed by atoms with Crippen LogP contribution in [0.1, 0.15) is 36.5 Å². The van der Waals surface area contributed by atoms with Crippen LogP contribution in [0.25, 0.3) is 10.9 Å². The molecule has 0 aliphatic heterocycles. The van der Waals surface area contributed by atoms with Gasteiger partial charge in [0.2, 0.25) is 5.56 Å². The van der Waals surface area contributed by atoms with Crippen molar-refractivity contribution in [2.45, 2.75) is 32.2 Å². The number of rotatable bonds is 7. The monoisotopic (exact) mass is 347 g/mol. The Kier molecular flexibility index (Phi) is 5.48. The molecule has 0 spiro atoms. The Morgan fingerprint density at radius 2 is 2.08 bits per heavy atom. The second-order valence-corrected chi connectivity index (χ2v) is 5.54. The molecule has 9 nitrogen and oxygen atoms in total. The molecule has 1 aromatic heterocycles. The number of amides is 1. The van der Waals surface area contributed by atoms with Gasteiger partial charge in [-0.05, 0) is 12.5 Å². The minimum absolute atomic E-state index is 0.106. The minimum Gasteiger partial charge on any atom is -0.480 e. The summed E-state index contributed by atoms with van der Waals surface area (Å²) in [7, 11) is 0. The number of carbonyl (C=O) groups excluding carboxylic acids is 1. The van der Waals surface area contributed by atoms with E-state index in [-0.39, 0.29) is 28.6 Å². The van der Waals surface area contributed by atoms with Crippen molar-refractivity contribution in [2.24, 2.45) is 0 Å². The van der Waals surface area contributed by atoms with Crippen LogP contribution in [-0.4, -0.2) is 32.9 Å². The number of aliphatic carboxylic acids is 1. The lowest BCUT2D eigenvalue weighted by Gasteiger charge is -2.15. The van der Waals surface area contributed by atoms with Crippen LogP contribution in [0.5, 0.6) is 0 Å². The average molecular weight is 347 g/mol. The van der Waals surface area contributed by atoms with Crippen molar-refractivity contribution in [3.8, 4) is 0 Å². The van der Waals surface area contributed by atoms with Crippen LogP contribution in [0.4, 0.5) is 5.69 Å². The number of nitrogens with one attached hydrogen (secondary N) is 2. The van der Waals surface area contributed by atoms with Gasteiger partial charge < -0.3 is 15.4 Å². The number of carboxylic acids is 1. The Hall–Kier alpha value is -3.23. The molecule has 25 heavy (non-hydrogen) atoms. The van der Waals surface area contributed by atoms with Gasteiger partial charge in [-0.3, -0.25) is 19.7 Å². The van der Waals surface area contributed by atoms with Gasteiger partial charge in [-0.15, -0.1) is 0 Å². The second-order valence-electron chi connectivity index (χ2n) is 5.54. The maximum Gasteiger partial charge on any atom is 0.326 e. The van der Waals surface area contributed by atoms with E-state index in [2.05, 4.69) is 10.3 Å². The van der Waals surface area contributed by atoms with Crippen molar-refractivity contribution in [1.82, 2.24) is 10.3 Å². The largest absolute Gasteiger partial charge is 0.480 e. The third-order valence-corrected chi connectivity index (χ3v) is 3.73. The molecule has 0 saturated carbocycles. The molecule has 2 aromatic rings. The number of non-ortho nitro benzene ring substituents is 1. The molecule has 0 aliphatic rings. The van der Waals surface area contributed by atoms with Gasteiger partial charge in [-0.1, -0.05) is 19.8 Å². The number of aromatic amines is 1. The van der Waals surface area contributed by atoms with E-state index >= 15 is 0 Å². The number of unbranched alkanes of at least 4 members (excludes halogenated alkanes) is 1. The molecule has 1 aromatic carbocycles. The lowest BCUT2D eigenvalue weighted by Crippen LogP contribution is -2.41. The molecule has 3 N–H and O–H groups in total. The fourth-order valence-corrected chi connectivity index (χ4v) is 2.44. The smallest absolute Gasteiger partial charge is 0.326 e. The number of benzene rings is 1. The number of hydrogen-bond donors (Lipinski definition) is 3. The zero-order valence-electron chi connectivity index (χ0n) is 13.4. The van der Waals surface area contributed by atoms with Gasteiger partial charge in [0, 0.05) is 29.1 Å². The first-order valence-corrected chi connectivity index (χ1v) is 7.68. The van der Waals surface area contributed by atoms with Gasteiger partial charge in [-0.2, -0.15) is 0 Å². The Bertz CT molecular complexity index is 889. The van der Waals surface area contributed by atoms with Gasteiger partial charge in [-0.25, -0.2) is 4.79 Å². The summed E-state index contributed by atoms with van der Waals surface area (Å²) in [6, 6.07) is 3.61. The van der Waals surface area contributed by atoms with Gasteiger partial charge in [0.15, 0.2) is 0 Å². The predicted molar refractivity (Wildman–Crippen MR) is 89.6 cm³/mol. The second kappa shape index (κ2) is 7.56. The standard InChI is InChI=1S/C16H17N3O6/c1-2-3-4-13(16(22)23)18-15(21)11-8-14(20)17-12-6-5-9(19(24)25)7-10(11)12/h5-8,13H,2-4H2,1H3,(H,17,20)(H,18,21)(H,22,23). The summed E-state index contributed by atoms with van der Waals surface area (Å²) in [4.78, 5) is 48.3. The summed E-state index contributed by atoms with van der Waals surface area (Å²) >= 11 is 0. The highest BCUT2D eigenvalue weighted by molar-refractivity contribution is 6.07. The first kappa shape index (κ1) is 18.1. The molecule has 0 aliphatic carbocycles. The Balaban J connectivity index is 2.45. The summed E-state index contributed by atoms with van der Waals surface area (Å²) < 4.78 is 0. The summed E-state index contributed by atoms with van der Waals surface area (Å²) in [6.45, 7) is 1.89. The van der Waals surface area contributed by atoms with Crippen LogP contribution < -0.4 is 10.9 Å². The van der Waals surface area contributed by atoms with Gasteiger partial charge in [0.05, 0.1) is 10.5 Å². The number of H-pyrrole nitrogens is 1. The van der Waals surface area contributed by atoms with Crippen LogP contribution in [-0.2, 0) is 4.79 Å². The maximum atomic E-state index is 12.5. The molecule has 0 fully saturated rings. The molecular formula is C16H17N3O6. The van der Waals surface area contributed by atoms with E-state index in [1.54, 1.807) is 0 Å². The molecule has 132 valence electrons. The Morgan fingerprint density at radius 3 is 2.68 bits per heavy atom. The van der Waals surface area contributed by atoms with E-state index in [1.165, 1.54) is 18.2 Å². The fourth-order valence-electron chi connectivity index (χ4n) is 2.44. The third-order valence-electron chi connectivity index (χ3n) is 3.73. The van der Waals surface area contributed by atoms with Crippen LogP contribution >= 0.6 is 0 Å². The van der Waals surface area contributed by atoms with Crippen molar-refractivity contribution in [1.29, 1.82) is 0 Å². The number of hydrogen-bond acceptors (Lipinski definition) is 5. The Labute approximate surface area is 141 Å². The highest BCUT2D eigenvalue weighted by Crippen LogP contribution is 2.21. The normalized spacial score (nSPS) is 11.9. The fraction of sp³-hybridized carbons (Fsp3) is 0.312. The number of nitro benzene ring substituents is 1. The number of aromatic nitrogens is 1. The average Bonchev–Trinajstić information content (AvgIpc) is 2.56. The summed E-state index contributed by atoms with van der Waals surface area (Å²) in [5, 5.41) is 22.7. The molecule has 1 amide bonds. The maximum absolute atomic E-state index is 12.5. The van der Waals surface area contributed by atoms with Crippen molar-refractivity contribution in [2.75, 3.05) is 0 Å². The highest BCUT2D eigenvalue weighted by atomic mass is 16.6. The quantitative estimate of drug-likeness (QED) is 0.515. The lowest BCUT2D eigenvalue weighted by molar-refractivity contribution is -0.384. The molecule has 1 atom stereocenters. The molecular weight excluding hydrogens is 330 g/mol. The van der Waals surface area contributed by atoms with E-state index in [0.29, 0.717) is 6.42 Å². The zero-order valence-corrected chi connectivity index (χ0v) is 13.4. The van der Waals surface area contributed by atoms with E-state index in [0.717, 1.165) is 12.5 Å². The summed E-state index contributed by atoms with van der Waals surface area (Å²) in [5.74, 6) is -1.94. The van der Waals surface area contributed by atoms with E-state index in [1.807, 2.05) is 6.92 Å². The van der Waals surface area contributed by atoms with Gasteiger partial charge in [0.25, 0.3) is 11.6 Å². The first-order chi connectivity index (χ1) is 11.8. The van der Waals surface area contributed by atoms with Crippen molar-refractivity contribution >= 4 is 28.5 Å². The molecule has 1 heterocycles. The lowest BCUT2D eigenvalue weighted by atomic mass is 10.1. The van der Waals surface area contributed by atoms with Crippen LogP contribution in [0.2, 0.25) is 0 Å². The van der Waals surface area contributed by atoms with E-state index < -0.39 is 28.4 Å². The van der Waals surface area contributed by atoms with Crippen LogP contribution in [0.3, 0.4) is 0 Å². The number of carboxylic acid groups (broad SMARTS) is 1. The van der Waals surface area contributed by atoms with Crippen molar-refractivity contribution in [3.05, 3.63) is 50.3 Å². The number of carbonyl (C=O) groups is 2. The van der Waals surface area contributed by atoms with Crippen molar-refractivity contribution in [3.63, 3.8) is 0 Å². The van der Waals surface area contributed by atoms with E-state index in [4.69, 9.17) is 0 Å². The number of nitrogens with zero attached hydrogens (tertiary/aromatic N) is 1. The molecule has 0 saturated heterocycles. The third kappa shape index (κ3) is 4.19. The summed E-state index contributed by atoms with van der Waals surface area (Å²) in [6.07, 6.45) is 1.62. The number of pyridine rings is 1. The number of nitro groups is 1. The van der Waals surface area contributed by atoms with Crippen LogP contribution in [0.15, 0.2) is 29.1 Å². The molecule has 2 rings (SSSR count). The van der Waals surface area contributed by atoms with Crippen molar-refractivity contribution < 1.29 is 19.6 Å². The molecule has 0 bridgehead atoms. The summed E-state index contributed by atoms with van der Waals surface area (Å²) in [5.41, 5.74) is -0.657. The molecule has 9 heteroatoms. The number of fused-ring (bicyclic) bond motifs is 1. The van der Waals surface area contributed by atoms with E-state index in [9.17, 15) is 29.6 Å². The highest BCUT2D eigenvalue weighted by Gasteiger charge is 2.22. The predicted octanol–water partition coefficient (Wildman–Crippen LogP) is 1.81. The minimum atomic E-state index is -1.18. The molecule has 0 radical (unpaired) electrons. The zero-order chi connectivity index (χ0) is 18.6.